The maximum Gasteiger partial charge on any atom is 0.0547 e. The van der Waals surface area contributed by atoms with E-state index >= 15 is 0 Å². The summed E-state index contributed by atoms with van der Waals surface area (Å²) < 4.78 is 4.90. The molecule has 0 N–H and O–H groups in total. The molecule has 2 nitrogen and oxygen atoms in total. The van der Waals surface area contributed by atoms with Crippen LogP contribution >= 0.6 is 0 Å². The van der Waals surface area contributed by atoms with Crippen molar-refractivity contribution in [3.63, 3.8) is 0 Å². The predicted octanol–water partition coefficient (Wildman–Crippen LogP) is 15.8. The first-order valence-electron chi connectivity index (χ1n) is 20.8. The SMILES string of the molecule is c1ccc(-c2c(-c3ccccc3)c3cccc4c3c3c2cccc3n4-c2ccc3cc4c(cc3c2)-c2cc3ccc(-n5c6ccccc6c6ccccc65)cc3cc2-4)cc1. The third kappa shape index (κ3) is 4.27. The zero-order valence-corrected chi connectivity index (χ0v) is 32.5. The van der Waals surface area contributed by atoms with Crippen molar-refractivity contribution in [1.29, 1.82) is 0 Å². The minimum atomic E-state index is 1.18. The molecule has 2 heterocycles. The van der Waals surface area contributed by atoms with Crippen LogP contribution < -0.4 is 0 Å². The fourth-order valence-corrected chi connectivity index (χ4v) is 10.8. The molecule has 1 aliphatic carbocycles. The van der Waals surface area contributed by atoms with E-state index in [-0.39, 0.29) is 0 Å². The number of hydrogen-bond acceptors (Lipinski definition) is 0. The van der Waals surface area contributed by atoms with Crippen LogP contribution in [0.5, 0.6) is 0 Å². The highest BCUT2D eigenvalue weighted by Crippen LogP contribution is 2.52. The van der Waals surface area contributed by atoms with Gasteiger partial charge in [-0.2, -0.15) is 0 Å². The first-order valence-corrected chi connectivity index (χ1v) is 20.8. The molecule has 13 aromatic rings. The van der Waals surface area contributed by atoms with Gasteiger partial charge in [-0.1, -0.05) is 133 Å². The maximum absolute atomic E-state index is 2.49. The van der Waals surface area contributed by atoms with Crippen LogP contribution in [0.3, 0.4) is 0 Å². The molecule has 0 fully saturated rings. The van der Waals surface area contributed by atoms with Crippen LogP contribution in [0.15, 0.2) is 206 Å². The van der Waals surface area contributed by atoms with Gasteiger partial charge in [0.2, 0.25) is 0 Å². The molecule has 1 aliphatic rings. The average molecular weight is 759 g/mol. The van der Waals surface area contributed by atoms with Crippen LogP contribution in [-0.2, 0) is 0 Å². The Balaban J connectivity index is 0.923. The Labute approximate surface area is 345 Å². The molecule has 276 valence electrons. The largest absolute Gasteiger partial charge is 0.309 e. The molecule has 0 spiro atoms. The van der Waals surface area contributed by atoms with Crippen molar-refractivity contribution < 1.29 is 0 Å². The second-order valence-electron chi connectivity index (χ2n) is 16.4. The molecule has 0 unspecified atom stereocenters. The molecule has 2 aromatic heterocycles. The Bertz CT molecular complexity index is 3760. The van der Waals surface area contributed by atoms with E-state index in [9.17, 15) is 0 Å². The van der Waals surface area contributed by atoms with Gasteiger partial charge in [-0.25, -0.2) is 0 Å². The Morgan fingerprint density at radius 3 is 1.08 bits per heavy atom. The summed E-state index contributed by atoms with van der Waals surface area (Å²) in [5.74, 6) is 0. The van der Waals surface area contributed by atoms with Gasteiger partial charge in [0.1, 0.15) is 0 Å². The molecule has 60 heavy (non-hydrogen) atoms. The molecular formula is C58H34N2. The summed E-state index contributed by atoms with van der Waals surface area (Å²) in [7, 11) is 0. The van der Waals surface area contributed by atoms with Crippen LogP contribution in [0.25, 0.3) is 132 Å². The normalized spacial score (nSPS) is 12.3. The Kier molecular flexibility index (Phi) is 6.32. The van der Waals surface area contributed by atoms with E-state index in [0.29, 0.717) is 0 Å². The fourth-order valence-electron chi connectivity index (χ4n) is 10.8. The number of hydrogen-bond donors (Lipinski definition) is 0. The summed E-state index contributed by atoms with van der Waals surface area (Å²) in [6.07, 6.45) is 0. The minimum Gasteiger partial charge on any atom is -0.309 e. The fraction of sp³-hybridized carbons (Fsp3) is 0. The maximum atomic E-state index is 2.49. The molecular weight excluding hydrogens is 725 g/mol. The Morgan fingerprint density at radius 1 is 0.250 bits per heavy atom. The Hall–Kier alpha value is -7.94. The zero-order valence-electron chi connectivity index (χ0n) is 32.5. The highest BCUT2D eigenvalue weighted by molar-refractivity contribution is 6.32. The van der Waals surface area contributed by atoms with E-state index in [4.69, 9.17) is 0 Å². The summed E-state index contributed by atoms with van der Waals surface area (Å²) in [4.78, 5) is 0. The van der Waals surface area contributed by atoms with Gasteiger partial charge in [0.05, 0.1) is 22.1 Å². The van der Waals surface area contributed by atoms with E-state index < -0.39 is 0 Å². The van der Waals surface area contributed by atoms with Crippen LogP contribution in [0.1, 0.15) is 0 Å². The first-order chi connectivity index (χ1) is 29.8. The van der Waals surface area contributed by atoms with Crippen molar-refractivity contribution >= 4 is 75.9 Å². The van der Waals surface area contributed by atoms with Gasteiger partial charge in [0.25, 0.3) is 0 Å². The lowest BCUT2D eigenvalue weighted by molar-refractivity contribution is 1.19. The number of rotatable bonds is 4. The molecule has 2 heteroatoms. The third-order valence-corrected chi connectivity index (χ3v) is 13.3. The van der Waals surface area contributed by atoms with E-state index in [1.165, 1.54) is 132 Å². The molecule has 0 amide bonds. The van der Waals surface area contributed by atoms with Gasteiger partial charge in [-0.15, -0.1) is 0 Å². The van der Waals surface area contributed by atoms with Gasteiger partial charge in [-0.05, 0) is 150 Å². The quantitative estimate of drug-likeness (QED) is 0.158. The highest BCUT2D eigenvalue weighted by Gasteiger charge is 2.26. The standard InChI is InChI=1S/C58H34N2/c1-3-13-35(14-4-1)55-45-19-11-23-53-57(45)58-46(56(55)36-15-5-2-6-16-36)20-12-24-54(58)60(53)42-28-26-38-32-48-49-33-39-29-41(27-25-37(39)31-47(49)50(48)34-40(38)30-42)59-51-21-9-7-17-43(51)44-18-8-10-22-52(44)59/h1-34H. The molecule has 11 aromatic carbocycles. The lowest BCUT2D eigenvalue weighted by Crippen LogP contribution is -2.00. The molecule has 0 saturated heterocycles. The highest BCUT2D eigenvalue weighted by atomic mass is 15.0. The van der Waals surface area contributed by atoms with Crippen molar-refractivity contribution in [1.82, 2.24) is 9.13 Å². The van der Waals surface area contributed by atoms with Gasteiger partial charge in [0, 0.05) is 32.9 Å². The van der Waals surface area contributed by atoms with Crippen LogP contribution in [0.2, 0.25) is 0 Å². The summed E-state index contributed by atoms with van der Waals surface area (Å²) >= 11 is 0. The monoisotopic (exact) mass is 758 g/mol. The van der Waals surface area contributed by atoms with E-state index in [2.05, 4.69) is 215 Å². The van der Waals surface area contributed by atoms with Crippen molar-refractivity contribution in [3.8, 4) is 55.9 Å². The molecule has 0 saturated carbocycles. The topological polar surface area (TPSA) is 9.86 Å². The predicted molar refractivity (Wildman–Crippen MR) is 254 cm³/mol. The number of aromatic nitrogens is 2. The van der Waals surface area contributed by atoms with E-state index in [1.54, 1.807) is 0 Å². The van der Waals surface area contributed by atoms with Crippen LogP contribution in [0.4, 0.5) is 0 Å². The van der Waals surface area contributed by atoms with Gasteiger partial charge in [-0.3, -0.25) is 0 Å². The van der Waals surface area contributed by atoms with Crippen LogP contribution in [0, 0.1) is 0 Å². The van der Waals surface area contributed by atoms with Gasteiger partial charge < -0.3 is 9.13 Å². The number of para-hydroxylation sites is 2. The Morgan fingerprint density at radius 2 is 0.617 bits per heavy atom. The van der Waals surface area contributed by atoms with E-state index in [1.807, 2.05) is 0 Å². The van der Waals surface area contributed by atoms with Gasteiger partial charge >= 0.3 is 0 Å². The number of fused-ring (bicyclic) bond motifs is 9. The van der Waals surface area contributed by atoms with Crippen molar-refractivity contribution in [2.45, 2.75) is 0 Å². The number of nitrogens with zero attached hydrogens (tertiary/aromatic N) is 2. The van der Waals surface area contributed by atoms with Crippen molar-refractivity contribution in [2.24, 2.45) is 0 Å². The second kappa shape index (κ2) is 11.8. The molecule has 0 bridgehead atoms. The molecule has 0 atom stereocenters. The minimum absolute atomic E-state index is 1.18. The smallest absolute Gasteiger partial charge is 0.0547 e. The second-order valence-corrected chi connectivity index (χ2v) is 16.4. The zero-order chi connectivity index (χ0) is 39.1. The molecule has 0 radical (unpaired) electrons. The summed E-state index contributed by atoms with van der Waals surface area (Å²) in [5, 5.41) is 12.8. The van der Waals surface area contributed by atoms with Gasteiger partial charge in [0.15, 0.2) is 0 Å². The van der Waals surface area contributed by atoms with Crippen molar-refractivity contribution in [3.05, 3.63) is 206 Å². The lowest BCUT2D eigenvalue weighted by atomic mass is 9.78. The van der Waals surface area contributed by atoms with E-state index in [0.717, 1.165) is 0 Å². The summed E-state index contributed by atoms with van der Waals surface area (Å²) in [5.41, 5.74) is 17.7. The first kappa shape index (κ1) is 32.1. The average Bonchev–Trinajstić information content (AvgIpc) is 3.84. The third-order valence-electron chi connectivity index (χ3n) is 13.3. The molecule has 14 rings (SSSR count). The summed E-state index contributed by atoms with van der Waals surface area (Å²) in [6.45, 7) is 0. The van der Waals surface area contributed by atoms with Crippen LogP contribution in [-0.4, -0.2) is 9.13 Å². The summed E-state index contributed by atoms with van der Waals surface area (Å²) in [6, 6.07) is 76.6. The lowest BCUT2D eigenvalue weighted by Gasteiger charge is -2.26. The molecule has 0 aliphatic heterocycles. The number of benzene rings is 11. The van der Waals surface area contributed by atoms with Crippen molar-refractivity contribution in [2.75, 3.05) is 0 Å².